The molecule has 2 heterocycles. The molecule has 2 aliphatic heterocycles. The number of fused-ring (bicyclic) bond motifs is 2. The van der Waals surface area contributed by atoms with Crippen LogP contribution in [0.2, 0.25) is 0 Å². The van der Waals surface area contributed by atoms with Crippen molar-refractivity contribution < 1.29 is 52.0 Å². The fourth-order valence-corrected chi connectivity index (χ4v) is 1.72. The maximum atomic E-state index is 9.57. The molecule has 2 fully saturated rings. The number of aliphatic hydroxyl groups is 1. The van der Waals surface area contributed by atoms with Gasteiger partial charge < -0.3 is 19.3 Å². The molecule has 69 valence electrons. The van der Waals surface area contributed by atoms with Gasteiger partial charge in [-0.2, -0.15) is 0 Å². The summed E-state index contributed by atoms with van der Waals surface area (Å²) in [7, 11) is 7.13. The van der Waals surface area contributed by atoms with E-state index in [1.54, 1.807) is 7.11 Å². The first kappa shape index (κ1) is 12.1. The van der Waals surface area contributed by atoms with Crippen molar-refractivity contribution in [1.82, 2.24) is 0 Å². The third kappa shape index (κ3) is 2.01. The zero-order valence-electron chi connectivity index (χ0n) is 7.42. The first-order valence-corrected chi connectivity index (χ1v) is 3.97. The van der Waals surface area contributed by atoms with Gasteiger partial charge in [0.25, 0.3) is 0 Å². The Morgan fingerprint density at radius 1 is 1.46 bits per heavy atom. The summed E-state index contributed by atoms with van der Waals surface area (Å²) in [6.07, 6.45) is -1.58. The molecule has 5 unspecified atom stereocenters. The van der Waals surface area contributed by atoms with Crippen LogP contribution in [0.4, 0.5) is 0 Å². The van der Waals surface area contributed by atoms with Gasteiger partial charge >= 0.3 is 0 Å². The maximum Gasteiger partial charge on any atom is 0.114 e. The van der Waals surface area contributed by atoms with Crippen LogP contribution in [0, 0.1) is 0 Å². The molecule has 5 atom stereocenters. The van der Waals surface area contributed by atoms with Crippen molar-refractivity contribution in [2.45, 2.75) is 30.4 Å². The van der Waals surface area contributed by atoms with E-state index in [0.717, 1.165) is 0 Å². The van der Waals surface area contributed by atoms with Crippen LogP contribution in [-0.4, -0.2) is 57.1 Å². The standard InChI is InChI=1S/C7H11BO4.Y/c1-10-3-2-11-6-4(9)5(3)12-7(6)8;/h3-7,9H,2H2,1H3;. The Morgan fingerprint density at radius 3 is 2.77 bits per heavy atom. The van der Waals surface area contributed by atoms with Gasteiger partial charge in [0.2, 0.25) is 0 Å². The van der Waals surface area contributed by atoms with E-state index in [1.807, 2.05) is 0 Å². The van der Waals surface area contributed by atoms with E-state index in [1.165, 1.54) is 0 Å². The van der Waals surface area contributed by atoms with Gasteiger partial charge in [-0.05, 0) is 0 Å². The van der Waals surface area contributed by atoms with Gasteiger partial charge in [0.1, 0.15) is 32.3 Å². The Bertz CT molecular complexity index is 180. The molecule has 3 radical (unpaired) electrons. The smallest absolute Gasteiger partial charge is 0.114 e. The van der Waals surface area contributed by atoms with Crippen molar-refractivity contribution in [2.24, 2.45) is 0 Å². The summed E-state index contributed by atoms with van der Waals surface area (Å²) < 4.78 is 15.6. The third-order valence-electron chi connectivity index (χ3n) is 2.43. The summed E-state index contributed by atoms with van der Waals surface area (Å²) in [6, 6.07) is -0.523. The van der Waals surface area contributed by atoms with E-state index in [-0.39, 0.29) is 51.0 Å². The number of methoxy groups -OCH3 is 1. The minimum Gasteiger partial charge on any atom is -0.388 e. The van der Waals surface area contributed by atoms with Crippen LogP contribution < -0.4 is 0 Å². The van der Waals surface area contributed by atoms with Gasteiger partial charge in [-0.25, -0.2) is 0 Å². The van der Waals surface area contributed by atoms with Crippen LogP contribution in [0.5, 0.6) is 0 Å². The van der Waals surface area contributed by atoms with Gasteiger partial charge in [0, 0.05) is 45.8 Å². The second kappa shape index (κ2) is 4.69. The Labute approximate surface area is 104 Å². The Morgan fingerprint density at radius 2 is 2.15 bits per heavy atom. The van der Waals surface area contributed by atoms with Gasteiger partial charge in [0.05, 0.1) is 6.61 Å². The van der Waals surface area contributed by atoms with Crippen LogP contribution in [0.25, 0.3) is 0 Å². The summed E-state index contributed by atoms with van der Waals surface area (Å²) in [4.78, 5) is 0. The molecule has 4 nitrogen and oxygen atoms in total. The molecular formula is C7H11BO4Y. The number of aliphatic hydroxyl groups excluding tert-OH is 1. The summed E-state index contributed by atoms with van der Waals surface area (Å²) in [5.41, 5.74) is 0. The SMILES string of the molecule is [B]C1OC2C(OC)COC1C2O.[Y]. The van der Waals surface area contributed by atoms with Gasteiger partial charge in [-0.1, -0.05) is 0 Å². The van der Waals surface area contributed by atoms with Crippen LogP contribution in [0.3, 0.4) is 0 Å². The zero-order chi connectivity index (χ0) is 8.72. The van der Waals surface area contributed by atoms with Crippen molar-refractivity contribution in [1.29, 1.82) is 0 Å². The summed E-state index contributed by atoms with van der Waals surface area (Å²) in [6.45, 7) is 0.441. The Hall–Kier alpha value is 1.01. The monoisotopic (exact) mass is 259 g/mol. The molecule has 13 heavy (non-hydrogen) atoms. The molecule has 0 amide bonds. The van der Waals surface area contributed by atoms with Crippen LogP contribution in [0.1, 0.15) is 0 Å². The third-order valence-corrected chi connectivity index (χ3v) is 2.43. The normalized spacial score (nSPS) is 48.6. The predicted molar refractivity (Wildman–Crippen MR) is 41.0 cm³/mol. The van der Waals surface area contributed by atoms with Crippen molar-refractivity contribution in [3.63, 3.8) is 0 Å². The van der Waals surface area contributed by atoms with Gasteiger partial charge in [-0.15, -0.1) is 0 Å². The molecular weight excluding hydrogens is 248 g/mol. The number of ether oxygens (including phenoxy) is 3. The number of hydrogen-bond acceptors (Lipinski definition) is 4. The van der Waals surface area contributed by atoms with Crippen molar-refractivity contribution >= 4 is 7.85 Å². The van der Waals surface area contributed by atoms with Crippen LogP contribution in [-0.2, 0) is 46.9 Å². The molecule has 0 aliphatic carbocycles. The molecule has 2 bridgehead atoms. The van der Waals surface area contributed by atoms with Crippen LogP contribution >= 0.6 is 0 Å². The Kier molecular flexibility index (Phi) is 4.35. The summed E-state index contributed by atoms with van der Waals surface area (Å²) in [5.74, 6) is 0. The van der Waals surface area contributed by atoms with E-state index in [4.69, 9.17) is 22.1 Å². The maximum absolute atomic E-state index is 9.57. The van der Waals surface area contributed by atoms with Crippen molar-refractivity contribution in [3.8, 4) is 0 Å². The predicted octanol–water partition coefficient (Wildman–Crippen LogP) is -1.35. The first-order valence-electron chi connectivity index (χ1n) is 3.97. The first-order chi connectivity index (χ1) is 5.74. The number of hydrogen-bond donors (Lipinski definition) is 1. The average Bonchev–Trinajstić information content (AvgIpc) is 2.28. The average molecular weight is 259 g/mol. The largest absolute Gasteiger partial charge is 0.388 e. The topological polar surface area (TPSA) is 47.9 Å². The molecule has 6 heteroatoms. The Balaban J connectivity index is 0.000000845. The van der Waals surface area contributed by atoms with Gasteiger partial charge in [0.15, 0.2) is 0 Å². The minimum absolute atomic E-state index is 0. The number of rotatable bonds is 1. The molecule has 0 aromatic carbocycles. The van der Waals surface area contributed by atoms with E-state index in [2.05, 4.69) is 0 Å². The summed E-state index contributed by atoms with van der Waals surface area (Å²) >= 11 is 0. The molecule has 2 saturated heterocycles. The summed E-state index contributed by atoms with van der Waals surface area (Å²) in [5, 5.41) is 9.57. The quantitative estimate of drug-likeness (QED) is 0.591. The van der Waals surface area contributed by atoms with Crippen molar-refractivity contribution in [2.75, 3.05) is 13.7 Å². The minimum atomic E-state index is -0.654. The molecule has 2 rings (SSSR count). The second-order valence-electron chi connectivity index (χ2n) is 3.13. The van der Waals surface area contributed by atoms with Crippen LogP contribution in [0.15, 0.2) is 0 Å². The van der Waals surface area contributed by atoms with E-state index < -0.39 is 12.1 Å². The van der Waals surface area contributed by atoms with Crippen molar-refractivity contribution in [3.05, 3.63) is 0 Å². The molecule has 0 aromatic rings. The second-order valence-corrected chi connectivity index (χ2v) is 3.13. The van der Waals surface area contributed by atoms with Gasteiger partial charge in [-0.3, -0.25) is 0 Å². The molecule has 1 N–H and O–H groups in total. The van der Waals surface area contributed by atoms with E-state index >= 15 is 0 Å². The van der Waals surface area contributed by atoms with E-state index in [0.29, 0.717) is 6.61 Å². The molecule has 2 aliphatic rings. The molecule has 0 saturated carbocycles. The molecule has 0 aromatic heterocycles. The fraction of sp³-hybridized carbons (Fsp3) is 1.00. The fourth-order valence-electron chi connectivity index (χ4n) is 1.72. The molecule has 0 spiro atoms. The van der Waals surface area contributed by atoms with E-state index in [9.17, 15) is 5.11 Å². The zero-order valence-corrected chi connectivity index (χ0v) is 10.3.